The van der Waals surface area contributed by atoms with Crippen molar-refractivity contribution in [2.45, 2.75) is 38.1 Å². The normalized spacial score (nSPS) is 29.3. The molecule has 2 saturated heterocycles. The van der Waals surface area contributed by atoms with Crippen molar-refractivity contribution in [1.29, 1.82) is 0 Å². The number of nitrogens with one attached hydrogen (secondary N) is 1. The van der Waals surface area contributed by atoms with Gasteiger partial charge in [-0.25, -0.2) is 8.42 Å². The maximum atomic E-state index is 12.1. The molecular weight excluding hydrogens is 306 g/mol. The zero-order valence-corrected chi connectivity index (χ0v) is 13.8. The van der Waals surface area contributed by atoms with Crippen LogP contribution in [0.1, 0.15) is 32.6 Å². The van der Waals surface area contributed by atoms with Crippen LogP contribution in [0.3, 0.4) is 0 Å². The van der Waals surface area contributed by atoms with Crippen molar-refractivity contribution in [2.24, 2.45) is 11.7 Å². The minimum Gasteiger partial charge on any atom is -0.370 e. The Hall–Kier alpha value is -1.15. The molecule has 0 saturated carbocycles. The minimum absolute atomic E-state index is 0.0203. The van der Waals surface area contributed by atoms with Crippen LogP contribution in [0.25, 0.3) is 0 Å². The summed E-state index contributed by atoms with van der Waals surface area (Å²) in [5.41, 5.74) is 4.56. The Morgan fingerprint density at radius 1 is 1.32 bits per heavy atom. The van der Waals surface area contributed by atoms with Crippen LogP contribution in [-0.4, -0.2) is 61.8 Å². The predicted molar refractivity (Wildman–Crippen MR) is 82.8 cm³/mol. The number of nitrogens with two attached hydrogens (primary N) is 1. The molecule has 0 spiro atoms. The van der Waals surface area contributed by atoms with E-state index in [1.54, 1.807) is 6.92 Å². The van der Waals surface area contributed by atoms with Gasteiger partial charge in [0.25, 0.3) is 0 Å². The topological polar surface area (TPSA) is 110 Å². The highest BCUT2D eigenvalue weighted by Gasteiger charge is 2.39. The third-order valence-corrected chi connectivity index (χ3v) is 6.41. The first kappa shape index (κ1) is 17.2. The Balaban J connectivity index is 1.76. The summed E-state index contributed by atoms with van der Waals surface area (Å²) in [6, 6.07) is 0. The second-order valence-corrected chi connectivity index (χ2v) is 9.02. The van der Waals surface area contributed by atoms with Gasteiger partial charge in [0.2, 0.25) is 11.8 Å². The van der Waals surface area contributed by atoms with E-state index in [1.807, 2.05) is 4.90 Å². The van der Waals surface area contributed by atoms with E-state index in [2.05, 4.69) is 5.32 Å². The molecule has 0 aromatic heterocycles. The van der Waals surface area contributed by atoms with E-state index in [9.17, 15) is 18.0 Å². The zero-order valence-electron chi connectivity index (χ0n) is 13.0. The standard InChI is InChI=1S/C14H25N3O4S/c1-14(4-7-22(20,21)10-14)16-13(19)9-17-5-2-11(3-6-17)8-12(15)18/h11H,2-10H2,1H3,(H2,15,18)(H,16,19)/t14-/m1/s1. The fourth-order valence-electron chi connectivity index (χ4n) is 3.32. The van der Waals surface area contributed by atoms with Gasteiger partial charge in [-0.05, 0) is 45.2 Å². The van der Waals surface area contributed by atoms with Crippen LogP contribution in [-0.2, 0) is 19.4 Å². The SMILES string of the molecule is C[C@@]1(NC(=O)CN2CCC(CC(N)=O)CC2)CCS(=O)(=O)C1. The molecule has 0 radical (unpaired) electrons. The largest absolute Gasteiger partial charge is 0.370 e. The molecule has 2 aliphatic heterocycles. The number of carbonyl (C=O) groups excluding carboxylic acids is 2. The Morgan fingerprint density at radius 3 is 2.45 bits per heavy atom. The van der Waals surface area contributed by atoms with Gasteiger partial charge in [0.15, 0.2) is 9.84 Å². The molecule has 7 nitrogen and oxygen atoms in total. The molecule has 2 rings (SSSR count). The smallest absolute Gasteiger partial charge is 0.234 e. The lowest BCUT2D eigenvalue weighted by molar-refractivity contribution is -0.124. The van der Waals surface area contributed by atoms with Crippen LogP contribution in [0.5, 0.6) is 0 Å². The van der Waals surface area contributed by atoms with E-state index in [0.717, 1.165) is 25.9 Å². The first-order chi connectivity index (χ1) is 10.2. The van der Waals surface area contributed by atoms with Crippen LogP contribution in [0.2, 0.25) is 0 Å². The van der Waals surface area contributed by atoms with Crippen LogP contribution >= 0.6 is 0 Å². The van der Waals surface area contributed by atoms with Crippen molar-refractivity contribution in [3.05, 3.63) is 0 Å². The van der Waals surface area contributed by atoms with Gasteiger partial charge in [-0.1, -0.05) is 0 Å². The fourth-order valence-corrected chi connectivity index (χ4v) is 5.41. The number of carbonyl (C=O) groups is 2. The molecule has 8 heteroatoms. The molecule has 0 aromatic rings. The van der Waals surface area contributed by atoms with Crippen LogP contribution in [0, 0.1) is 5.92 Å². The molecule has 2 aliphatic rings. The summed E-state index contributed by atoms with van der Waals surface area (Å²) in [7, 11) is -3.02. The van der Waals surface area contributed by atoms with Gasteiger partial charge < -0.3 is 11.1 Å². The van der Waals surface area contributed by atoms with Gasteiger partial charge in [0, 0.05) is 6.42 Å². The molecule has 22 heavy (non-hydrogen) atoms. The molecule has 2 fully saturated rings. The average Bonchev–Trinajstić information content (AvgIpc) is 2.64. The lowest BCUT2D eigenvalue weighted by Crippen LogP contribution is -2.51. The Labute approximate surface area is 131 Å². The third-order valence-electron chi connectivity index (χ3n) is 4.51. The summed E-state index contributed by atoms with van der Waals surface area (Å²) in [5.74, 6) is 0.0724. The van der Waals surface area contributed by atoms with E-state index >= 15 is 0 Å². The Kier molecular flexibility index (Phi) is 5.11. The average molecular weight is 331 g/mol. The first-order valence-electron chi connectivity index (χ1n) is 7.70. The first-order valence-corrected chi connectivity index (χ1v) is 9.52. The predicted octanol–water partition coefficient (Wildman–Crippen LogP) is -0.733. The number of amides is 2. The Bertz CT molecular complexity index is 540. The van der Waals surface area contributed by atoms with Crippen LogP contribution < -0.4 is 11.1 Å². The second kappa shape index (κ2) is 6.54. The van der Waals surface area contributed by atoms with Gasteiger partial charge in [-0.2, -0.15) is 0 Å². The lowest BCUT2D eigenvalue weighted by atomic mass is 9.93. The van der Waals surface area contributed by atoms with Crippen molar-refractivity contribution in [2.75, 3.05) is 31.1 Å². The summed E-state index contributed by atoms with van der Waals surface area (Å²) in [5, 5.41) is 2.87. The maximum Gasteiger partial charge on any atom is 0.234 e. The third kappa shape index (κ3) is 4.95. The summed E-state index contributed by atoms with van der Waals surface area (Å²) in [6.07, 6.45) is 2.61. The highest BCUT2D eigenvalue weighted by Crippen LogP contribution is 2.23. The molecule has 0 bridgehead atoms. The van der Waals surface area contributed by atoms with Crippen molar-refractivity contribution < 1.29 is 18.0 Å². The van der Waals surface area contributed by atoms with Crippen molar-refractivity contribution in [3.8, 4) is 0 Å². The van der Waals surface area contributed by atoms with Crippen molar-refractivity contribution in [1.82, 2.24) is 10.2 Å². The number of hydrogen-bond acceptors (Lipinski definition) is 5. The highest BCUT2D eigenvalue weighted by molar-refractivity contribution is 7.91. The molecule has 3 N–H and O–H groups in total. The minimum atomic E-state index is -3.02. The van der Waals surface area contributed by atoms with E-state index in [-0.39, 0.29) is 29.9 Å². The number of piperidine rings is 1. The zero-order chi connectivity index (χ0) is 16.4. The number of likely N-dealkylation sites (tertiary alicyclic amines) is 1. The summed E-state index contributed by atoms with van der Waals surface area (Å²) in [6.45, 7) is 3.59. The molecule has 1 atom stereocenters. The quantitative estimate of drug-likeness (QED) is 0.690. The summed E-state index contributed by atoms with van der Waals surface area (Å²) >= 11 is 0. The van der Waals surface area contributed by atoms with Gasteiger partial charge in [0.05, 0.1) is 23.6 Å². The molecule has 126 valence electrons. The molecular formula is C14H25N3O4S. The van der Waals surface area contributed by atoms with E-state index in [4.69, 9.17) is 5.73 Å². The van der Waals surface area contributed by atoms with Gasteiger partial charge in [-0.15, -0.1) is 0 Å². The number of sulfone groups is 1. The lowest BCUT2D eigenvalue weighted by Gasteiger charge is -2.32. The fraction of sp³-hybridized carbons (Fsp3) is 0.857. The van der Waals surface area contributed by atoms with E-state index in [0.29, 0.717) is 18.8 Å². The number of hydrogen-bond donors (Lipinski definition) is 2. The van der Waals surface area contributed by atoms with Crippen molar-refractivity contribution >= 4 is 21.7 Å². The monoisotopic (exact) mass is 331 g/mol. The number of nitrogens with zero attached hydrogens (tertiary/aromatic N) is 1. The second-order valence-electron chi connectivity index (χ2n) is 6.84. The van der Waals surface area contributed by atoms with Crippen LogP contribution in [0.15, 0.2) is 0 Å². The van der Waals surface area contributed by atoms with E-state index < -0.39 is 15.4 Å². The Morgan fingerprint density at radius 2 is 1.95 bits per heavy atom. The van der Waals surface area contributed by atoms with Gasteiger partial charge in [0.1, 0.15) is 0 Å². The van der Waals surface area contributed by atoms with E-state index in [1.165, 1.54) is 0 Å². The van der Waals surface area contributed by atoms with Gasteiger partial charge >= 0.3 is 0 Å². The highest BCUT2D eigenvalue weighted by atomic mass is 32.2. The van der Waals surface area contributed by atoms with Crippen LogP contribution in [0.4, 0.5) is 0 Å². The molecule has 0 unspecified atom stereocenters. The number of rotatable bonds is 5. The maximum absolute atomic E-state index is 12.1. The number of primary amides is 1. The molecule has 0 aromatic carbocycles. The summed E-state index contributed by atoms with van der Waals surface area (Å²) in [4.78, 5) is 25.1. The molecule has 2 amide bonds. The molecule has 2 heterocycles. The van der Waals surface area contributed by atoms with Crippen molar-refractivity contribution in [3.63, 3.8) is 0 Å². The summed E-state index contributed by atoms with van der Waals surface area (Å²) < 4.78 is 23.1. The molecule has 0 aliphatic carbocycles. The van der Waals surface area contributed by atoms with Gasteiger partial charge in [-0.3, -0.25) is 14.5 Å².